The minimum absolute atomic E-state index is 0.0356. The first-order chi connectivity index (χ1) is 20.0. The molecule has 0 spiro atoms. The number of alkyl halides is 3. The molecule has 5 fully saturated rings. The van der Waals surface area contributed by atoms with E-state index in [4.69, 9.17) is 24.9 Å². The van der Waals surface area contributed by atoms with Crippen molar-refractivity contribution in [3.05, 3.63) is 23.1 Å². The zero-order valence-corrected chi connectivity index (χ0v) is 23.0. The Morgan fingerprint density at radius 2 is 2.00 bits per heavy atom. The van der Waals surface area contributed by atoms with Crippen molar-refractivity contribution in [2.24, 2.45) is 5.41 Å². The zero-order chi connectivity index (χ0) is 29.1. The van der Waals surface area contributed by atoms with Gasteiger partial charge in [0.05, 0.1) is 36.6 Å². The van der Waals surface area contributed by atoms with Crippen LogP contribution in [0.1, 0.15) is 43.9 Å². The number of nitrogens with two attached hydrogens (primary N) is 1. The third-order valence-corrected chi connectivity index (χ3v) is 9.44. The molecule has 0 radical (unpaired) electrons. The van der Waals surface area contributed by atoms with Crippen LogP contribution in [0.15, 0.2) is 6.07 Å². The number of anilines is 2. The number of halogens is 4. The Kier molecular flexibility index (Phi) is 5.45. The second-order valence-electron chi connectivity index (χ2n) is 12.3. The Morgan fingerprint density at radius 3 is 2.74 bits per heavy atom. The predicted molar refractivity (Wildman–Crippen MR) is 143 cm³/mol. The van der Waals surface area contributed by atoms with Gasteiger partial charge in [0, 0.05) is 29.6 Å². The molecule has 4 bridgehead atoms. The van der Waals surface area contributed by atoms with Crippen LogP contribution in [0.2, 0.25) is 0 Å². The average Bonchev–Trinajstić information content (AvgIpc) is 3.60. The third kappa shape index (κ3) is 3.83. The van der Waals surface area contributed by atoms with Gasteiger partial charge in [-0.05, 0) is 45.6 Å². The van der Waals surface area contributed by atoms with Crippen molar-refractivity contribution in [3.8, 4) is 23.1 Å². The molecule has 0 aromatic carbocycles. The van der Waals surface area contributed by atoms with E-state index in [0.717, 1.165) is 31.7 Å². The molecular formula is C28H29F4N7O3. The first-order valence-corrected chi connectivity index (χ1v) is 14.2. The quantitative estimate of drug-likeness (QED) is 0.437. The summed E-state index contributed by atoms with van der Waals surface area (Å²) in [6, 6.07) is 1.06. The normalized spacial score (nSPS) is 31.0. The minimum atomic E-state index is -4.84. The number of aryl methyl sites for hydroxylation is 1. The Hall–Kier alpha value is -3.52. The van der Waals surface area contributed by atoms with Crippen molar-refractivity contribution < 1.29 is 31.8 Å². The number of fused-ring (bicyclic) bond motifs is 6. The Bertz CT molecular complexity index is 1620. The lowest BCUT2D eigenvalue weighted by molar-refractivity contribution is -0.137. The highest BCUT2D eigenvalue weighted by atomic mass is 19.4. The lowest BCUT2D eigenvalue weighted by Gasteiger charge is -2.42. The number of ether oxygens (including phenoxy) is 3. The van der Waals surface area contributed by atoms with E-state index in [9.17, 15) is 13.2 Å². The topological polar surface area (TPSA) is 121 Å². The van der Waals surface area contributed by atoms with Gasteiger partial charge in [-0.2, -0.15) is 23.1 Å². The molecule has 1 saturated carbocycles. The molecule has 4 atom stereocenters. The molecule has 5 aliphatic heterocycles. The lowest BCUT2D eigenvalue weighted by atomic mass is 9.71. The summed E-state index contributed by atoms with van der Waals surface area (Å²) < 4.78 is 77.5. The maximum absolute atomic E-state index is 16.6. The van der Waals surface area contributed by atoms with Gasteiger partial charge in [-0.3, -0.25) is 0 Å². The Morgan fingerprint density at radius 1 is 1.19 bits per heavy atom. The second kappa shape index (κ2) is 8.75. The number of nitrogen functional groups attached to an aromatic ring is 1. The molecule has 3 N–H and O–H groups in total. The molecule has 8 heterocycles. The molecule has 6 aliphatic rings. The van der Waals surface area contributed by atoms with Gasteiger partial charge in [0.15, 0.2) is 5.82 Å². The van der Waals surface area contributed by atoms with E-state index in [1.807, 2.05) is 6.92 Å². The number of pyridine rings is 2. The number of hydrogen-bond acceptors (Lipinski definition) is 10. The smallest absolute Gasteiger partial charge is 0.418 e. The van der Waals surface area contributed by atoms with Crippen molar-refractivity contribution in [3.63, 3.8) is 0 Å². The summed E-state index contributed by atoms with van der Waals surface area (Å²) in [5.74, 6) is -0.868. The van der Waals surface area contributed by atoms with Gasteiger partial charge < -0.3 is 30.2 Å². The number of piperazine rings is 1. The molecule has 1 aliphatic carbocycles. The maximum atomic E-state index is 16.6. The van der Waals surface area contributed by atoms with Crippen LogP contribution < -0.4 is 25.4 Å². The fourth-order valence-electron chi connectivity index (χ4n) is 7.59. The highest BCUT2D eigenvalue weighted by Gasteiger charge is 2.53. The van der Waals surface area contributed by atoms with Crippen LogP contribution >= 0.6 is 0 Å². The van der Waals surface area contributed by atoms with Crippen molar-refractivity contribution >= 4 is 22.5 Å². The van der Waals surface area contributed by atoms with E-state index in [1.165, 1.54) is 6.92 Å². The van der Waals surface area contributed by atoms with Crippen molar-refractivity contribution in [2.75, 3.05) is 30.4 Å². The van der Waals surface area contributed by atoms with Crippen molar-refractivity contribution in [2.45, 2.75) is 76.0 Å². The van der Waals surface area contributed by atoms with Crippen LogP contribution in [0, 0.1) is 18.2 Å². The largest absolute Gasteiger partial charge is 0.472 e. The number of nitrogens with zero attached hydrogens (tertiary/aromatic N) is 5. The average molecular weight is 588 g/mol. The fourth-order valence-corrected chi connectivity index (χ4v) is 7.59. The van der Waals surface area contributed by atoms with Gasteiger partial charge in [0.2, 0.25) is 5.88 Å². The first kappa shape index (κ1) is 26.1. The highest BCUT2D eigenvalue weighted by Crippen LogP contribution is 2.51. The van der Waals surface area contributed by atoms with Gasteiger partial charge in [-0.1, -0.05) is 0 Å². The zero-order valence-electron chi connectivity index (χ0n) is 23.0. The lowest BCUT2D eigenvalue weighted by Crippen LogP contribution is -2.62. The predicted octanol–water partition coefficient (Wildman–Crippen LogP) is 3.78. The van der Waals surface area contributed by atoms with Crippen LogP contribution in [-0.2, 0) is 10.9 Å². The Balaban J connectivity index is 1.34. The van der Waals surface area contributed by atoms with Gasteiger partial charge in [-0.15, -0.1) is 0 Å². The van der Waals surface area contributed by atoms with Crippen LogP contribution in [0.25, 0.3) is 22.2 Å². The number of aromatic nitrogens is 4. The minimum Gasteiger partial charge on any atom is -0.472 e. The summed E-state index contributed by atoms with van der Waals surface area (Å²) in [7, 11) is 0. The van der Waals surface area contributed by atoms with E-state index in [-0.39, 0.29) is 63.9 Å². The van der Waals surface area contributed by atoms with E-state index in [2.05, 4.69) is 25.2 Å². The summed E-state index contributed by atoms with van der Waals surface area (Å²) in [4.78, 5) is 19.5. The molecule has 14 heteroatoms. The van der Waals surface area contributed by atoms with E-state index < -0.39 is 34.9 Å². The van der Waals surface area contributed by atoms with Gasteiger partial charge >= 0.3 is 12.2 Å². The molecule has 3 aromatic rings. The molecule has 0 amide bonds. The molecule has 9 rings (SSSR count). The van der Waals surface area contributed by atoms with Crippen LogP contribution in [0.4, 0.5) is 29.2 Å². The molecule has 222 valence electrons. The summed E-state index contributed by atoms with van der Waals surface area (Å²) >= 11 is 0. The van der Waals surface area contributed by atoms with E-state index >= 15 is 4.39 Å². The van der Waals surface area contributed by atoms with Crippen molar-refractivity contribution in [1.82, 2.24) is 25.3 Å². The Labute approximate surface area is 238 Å². The first-order valence-electron chi connectivity index (χ1n) is 14.2. The van der Waals surface area contributed by atoms with Crippen LogP contribution in [0.5, 0.6) is 11.9 Å². The van der Waals surface area contributed by atoms with Crippen LogP contribution in [0.3, 0.4) is 0 Å². The van der Waals surface area contributed by atoms with Gasteiger partial charge in [0.1, 0.15) is 34.3 Å². The molecule has 42 heavy (non-hydrogen) atoms. The molecule has 3 aromatic heterocycles. The monoisotopic (exact) mass is 587 g/mol. The summed E-state index contributed by atoms with van der Waals surface area (Å²) in [5, 5.41) is 3.83. The fraction of sp³-hybridized carbons (Fsp3) is 0.571. The molecule has 4 saturated heterocycles. The van der Waals surface area contributed by atoms with E-state index in [1.54, 1.807) is 0 Å². The maximum Gasteiger partial charge on any atom is 0.418 e. The molecular weight excluding hydrogens is 558 g/mol. The van der Waals surface area contributed by atoms with Crippen LogP contribution in [-0.4, -0.2) is 70.0 Å². The number of hydrogen-bond donors (Lipinski definition) is 2. The summed E-state index contributed by atoms with van der Waals surface area (Å²) in [6.45, 7) is 4.53. The number of nitrogens with one attached hydrogen (secondary N) is 1. The van der Waals surface area contributed by atoms with E-state index in [0.29, 0.717) is 25.6 Å². The SMILES string of the molecule is Cc1nc(N)cc(-c2nc3c4c(nc(OCC56COC(C5)C6)nc4c2F)N2C[C@H]4CC[C@H](N4)[C@H]2[C@H](C)O3)c1C(F)(F)F. The molecule has 10 nitrogen and oxygen atoms in total. The second-order valence-corrected chi connectivity index (χ2v) is 12.3. The van der Waals surface area contributed by atoms with Crippen molar-refractivity contribution in [1.29, 1.82) is 0 Å². The standard InChI is InChI=1S/C28H29F4N7O3/c1-11-19(28(30,31)32)15(5-17(33)34-11)21-20(29)22-18-24(38-26(37-22)41-10-27-6-14(7-27)40-9-27)39-8-13-3-4-16(35-13)23(39)12(2)42-25(18)36-21/h5,12-14,16,23,35H,3-4,6-10H2,1-2H3,(H2,33,34)/t12-,13+,14?,16-,23+,27?/m0/s1. The third-order valence-electron chi connectivity index (χ3n) is 9.44. The highest BCUT2D eigenvalue weighted by molar-refractivity contribution is 5.97. The number of rotatable bonds is 4. The van der Waals surface area contributed by atoms with Gasteiger partial charge in [0.25, 0.3) is 0 Å². The molecule has 0 unspecified atom stereocenters. The summed E-state index contributed by atoms with van der Waals surface area (Å²) in [6.07, 6.45) is -1.40. The summed E-state index contributed by atoms with van der Waals surface area (Å²) in [5.41, 5.74) is 2.87. The van der Waals surface area contributed by atoms with Gasteiger partial charge in [-0.25, -0.2) is 14.4 Å².